The van der Waals surface area contributed by atoms with Crippen molar-refractivity contribution in [3.05, 3.63) is 48.0 Å². The third kappa shape index (κ3) is 2.87. The second-order valence-electron chi connectivity index (χ2n) is 6.03. The van der Waals surface area contributed by atoms with Gasteiger partial charge in [0.25, 0.3) is 0 Å². The van der Waals surface area contributed by atoms with E-state index in [2.05, 4.69) is 66.7 Å². The van der Waals surface area contributed by atoms with Crippen LogP contribution in [0.5, 0.6) is 0 Å². The van der Waals surface area contributed by atoms with Crippen molar-refractivity contribution in [2.45, 2.75) is 31.8 Å². The molecule has 1 fully saturated rings. The van der Waals surface area contributed by atoms with Gasteiger partial charge >= 0.3 is 0 Å². The Labute approximate surface area is 121 Å². The van der Waals surface area contributed by atoms with Crippen molar-refractivity contribution >= 4 is 10.8 Å². The van der Waals surface area contributed by atoms with Crippen molar-refractivity contribution < 1.29 is 0 Å². The molecule has 2 nitrogen and oxygen atoms in total. The van der Waals surface area contributed by atoms with Gasteiger partial charge in [0.1, 0.15) is 0 Å². The molecule has 0 spiro atoms. The summed E-state index contributed by atoms with van der Waals surface area (Å²) in [7, 11) is 2.21. The van der Waals surface area contributed by atoms with Gasteiger partial charge in [-0.1, -0.05) is 42.5 Å². The summed E-state index contributed by atoms with van der Waals surface area (Å²) < 4.78 is 0. The van der Waals surface area contributed by atoms with E-state index in [9.17, 15) is 0 Å². The smallest absolute Gasteiger partial charge is 0.0300 e. The first kappa shape index (κ1) is 13.6. The second-order valence-corrected chi connectivity index (χ2v) is 6.03. The fourth-order valence-corrected chi connectivity index (χ4v) is 3.25. The van der Waals surface area contributed by atoms with Gasteiger partial charge in [-0.25, -0.2) is 0 Å². The first-order chi connectivity index (χ1) is 9.74. The van der Waals surface area contributed by atoms with Crippen molar-refractivity contribution in [2.75, 3.05) is 20.1 Å². The number of nitrogens with one attached hydrogen (secondary N) is 1. The average Bonchev–Trinajstić information content (AvgIpc) is 2.49. The van der Waals surface area contributed by atoms with Crippen LogP contribution < -0.4 is 5.32 Å². The number of nitrogens with zero attached hydrogens (tertiary/aromatic N) is 1. The van der Waals surface area contributed by atoms with Crippen molar-refractivity contribution in [3.8, 4) is 0 Å². The Hall–Kier alpha value is -1.38. The summed E-state index contributed by atoms with van der Waals surface area (Å²) in [4.78, 5) is 2.42. The Morgan fingerprint density at radius 2 is 1.75 bits per heavy atom. The van der Waals surface area contributed by atoms with E-state index in [0.29, 0.717) is 12.1 Å². The highest BCUT2D eigenvalue weighted by Crippen LogP contribution is 2.25. The zero-order chi connectivity index (χ0) is 13.9. The van der Waals surface area contributed by atoms with Crippen LogP contribution in [-0.4, -0.2) is 31.1 Å². The van der Waals surface area contributed by atoms with Gasteiger partial charge in [-0.3, -0.25) is 0 Å². The highest BCUT2D eigenvalue weighted by molar-refractivity contribution is 5.86. The lowest BCUT2D eigenvalue weighted by Gasteiger charge is -2.32. The van der Waals surface area contributed by atoms with Crippen LogP contribution in [0.15, 0.2) is 42.5 Å². The van der Waals surface area contributed by atoms with E-state index in [4.69, 9.17) is 0 Å². The molecule has 1 aliphatic rings. The van der Waals surface area contributed by atoms with Crippen molar-refractivity contribution in [3.63, 3.8) is 0 Å². The predicted octanol–water partition coefficient (Wildman–Crippen LogP) is 3.58. The van der Waals surface area contributed by atoms with Crippen molar-refractivity contribution in [2.24, 2.45) is 0 Å². The maximum absolute atomic E-state index is 3.82. The van der Waals surface area contributed by atoms with Crippen LogP contribution in [0.25, 0.3) is 10.8 Å². The lowest BCUT2D eigenvalue weighted by Crippen LogP contribution is -2.41. The number of hydrogen-bond donors (Lipinski definition) is 1. The van der Waals surface area contributed by atoms with Crippen LogP contribution >= 0.6 is 0 Å². The molecule has 0 amide bonds. The van der Waals surface area contributed by atoms with Crippen LogP contribution in [0.3, 0.4) is 0 Å². The third-order valence-corrected chi connectivity index (χ3v) is 4.49. The zero-order valence-corrected chi connectivity index (χ0v) is 12.5. The molecule has 106 valence electrons. The van der Waals surface area contributed by atoms with Gasteiger partial charge in [0, 0.05) is 12.1 Å². The molecule has 2 heteroatoms. The molecule has 2 aromatic carbocycles. The summed E-state index contributed by atoms with van der Waals surface area (Å²) in [6, 6.07) is 16.4. The van der Waals surface area contributed by atoms with Gasteiger partial charge in [0.2, 0.25) is 0 Å². The Kier molecular flexibility index (Phi) is 4.04. The number of benzene rings is 2. The number of hydrogen-bond acceptors (Lipinski definition) is 2. The standard InChI is InChI=1S/C18H24N2/c1-14(19-16-10-12-20(2)13-11-16)17-9-5-7-15-6-3-4-8-18(15)17/h3-9,14,16,19H,10-13H2,1-2H3. The van der Waals surface area contributed by atoms with Crippen molar-refractivity contribution in [1.82, 2.24) is 10.2 Å². The van der Waals surface area contributed by atoms with Gasteiger partial charge in [0.15, 0.2) is 0 Å². The lowest BCUT2D eigenvalue weighted by atomic mass is 9.97. The monoisotopic (exact) mass is 268 g/mol. The minimum absolute atomic E-state index is 0.412. The lowest BCUT2D eigenvalue weighted by molar-refractivity contribution is 0.227. The average molecular weight is 268 g/mol. The summed E-state index contributed by atoms with van der Waals surface area (Å²) >= 11 is 0. The molecular formula is C18H24N2. The van der Waals surface area contributed by atoms with Crippen LogP contribution in [-0.2, 0) is 0 Å². The number of likely N-dealkylation sites (tertiary alicyclic amines) is 1. The largest absolute Gasteiger partial charge is 0.307 e. The van der Waals surface area contributed by atoms with Crippen LogP contribution in [0.4, 0.5) is 0 Å². The Morgan fingerprint density at radius 1 is 1.05 bits per heavy atom. The maximum Gasteiger partial charge on any atom is 0.0300 e. The van der Waals surface area contributed by atoms with E-state index in [1.807, 2.05) is 0 Å². The highest BCUT2D eigenvalue weighted by Gasteiger charge is 2.19. The van der Waals surface area contributed by atoms with E-state index < -0.39 is 0 Å². The minimum Gasteiger partial charge on any atom is -0.307 e. The third-order valence-electron chi connectivity index (χ3n) is 4.49. The van der Waals surface area contributed by atoms with Gasteiger partial charge in [-0.15, -0.1) is 0 Å². The quantitative estimate of drug-likeness (QED) is 0.915. The molecule has 3 rings (SSSR count). The number of fused-ring (bicyclic) bond motifs is 1. The SMILES string of the molecule is CC(NC1CCN(C)CC1)c1cccc2ccccc12. The van der Waals surface area contributed by atoms with E-state index in [0.717, 1.165) is 0 Å². The summed E-state index contributed by atoms with van der Waals surface area (Å²) in [6.45, 7) is 4.71. The summed E-state index contributed by atoms with van der Waals surface area (Å²) in [5.41, 5.74) is 1.42. The molecule has 1 atom stereocenters. The Morgan fingerprint density at radius 3 is 2.55 bits per heavy atom. The number of piperidine rings is 1. The van der Waals surface area contributed by atoms with Gasteiger partial charge in [0.05, 0.1) is 0 Å². The molecule has 0 aromatic heterocycles. The number of rotatable bonds is 3. The first-order valence-electron chi connectivity index (χ1n) is 7.66. The maximum atomic E-state index is 3.82. The minimum atomic E-state index is 0.412. The fraction of sp³-hybridized carbons (Fsp3) is 0.444. The molecule has 1 unspecified atom stereocenters. The van der Waals surface area contributed by atoms with Crippen molar-refractivity contribution in [1.29, 1.82) is 0 Å². The van der Waals surface area contributed by atoms with E-state index >= 15 is 0 Å². The van der Waals surface area contributed by atoms with Crippen LogP contribution in [0.2, 0.25) is 0 Å². The van der Waals surface area contributed by atoms with Gasteiger partial charge in [-0.2, -0.15) is 0 Å². The molecule has 0 aliphatic carbocycles. The molecule has 20 heavy (non-hydrogen) atoms. The molecule has 0 saturated carbocycles. The van der Waals surface area contributed by atoms with Crippen LogP contribution in [0, 0.1) is 0 Å². The fourth-order valence-electron chi connectivity index (χ4n) is 3.25. The summed E-state index contributed by atoms with van der Waals surface area (Å²) in [5, 5.41) is 6.53. The molecule has 1 saturated heterocycles. The highest BCUT2D eigenvalue weighted by atomic mass is 15.1. The normalized spacial score (nSPS) is 19.3. The molecule has 0 radical (unpaired) electrons. The second kappa shape index (κ2) is 5.94. The predicted molar refractivity (Wildman–Crippen MR) is 86.0 cm³/mol. The molecule has 1 heterocycles. The Balaban J connectivity index is 1.77. The topological polar surface area (TPSA) is 15.3 Å². The first-order valence-corrected chi connectivity index (χ1v) is 7.66. The van der Waals surface area contributed by atoms with E-state index in [-0.39, 0.29) is 0 Å². The van der Waals surface area contributed by atoms with E-state index in [1.54, 1.807) is 0 Å². The molecule has 1 aliphatic heterocycles. The molecule has 2 aromatic rings. The Bertz CT molecular complexity index is 565. The van der Waals surface area contributed by atoms with Gasteiger partial charge in [-0.05, 0) is 56.2 Å². The molecule has 1 N–H and O–H groups in total. The van der Waals surface area contributed by atoms with Crippen LogP contribution in [0.1, 0.15) is 31.4 Å². The summed E-state index contributed by atoms with van der Waals surface area (Å²) in [5.74, 6) is 0. The van der Waals surface area contributed by atoms with Gasteiger partial charge < -0.3 is 10.2 Å². The summed E-state index contributed by atoms with van der Waals surface area (Å²) in [6.07, 6.45) is 2.51. The van der Waals surface area contributed by atoms with E-state index in [1.165, 1.54) is 42.3 Å². The molecular weight excluding hydrogens is 244 g/mol. The zero-order valence-electron chi connectivity index (χ0n) is 12.5. The molecule has 0 bridgehead atoms.